The number of nitrogens with zero attached hydrogens (tertiary/aromatic N) is 3. The molecule has 0 spiro atoms. The van der Waals surface area contributed by atoms with Gasteiger partial charge in [-0.1, -0.05) is 30.3 Å². The summed E-state index contributed by atoms with van der Waals surface area (Å²) in [4.78, 5) is 19.3. The number of ether oxygens (including phenoxy) is 1. The van der Waals surface area contributed by atoms with E-state index in [0.717, 1.165) is 17.7 Å². The fraction of sp³-hybridized carbons (Fsp3) is 0.280. The maximum Gasteiger partial charge on any atom is 0.250 e. The normalized spacial score (nSPS) is 16.6. The van der Waals surface area contributed by atoms with Gasteiger partial charge in [-0.05, 0) is 44.4 Å². The molecule has 0 unspecified atom stereocenters. The minimum absolute atomic E-state index is 0.0383. The molecule has 0 N–H and O–H groups in total. The molecule has 1 amide bonds. The maximum absolute atomic E-state index is 15.0. The molecule has 4 rings (SSSR count). The Balaban J connectivity index is 1.65. The number of aryl methyl sites for hydroxylation is 1. The average Bonchev–Trinajstić information content (AvgIpc) is 3.22. The van der Waals surface area contributed by atoms with Crippen molar-refractivity contribution in [2.24, 2.45) is 0 Å². The van der Waals surface area contributed by atoms with Crippen molar-refractivity contribution in [1.82, 2.24) is 14.5 Å². The van der Waals surface area contributed by atoms with Crippen molar-refractivity contribution in [3.8, 4) is 11.4 Å². The molecule has 1 aliphatic heterocycles. The molecule has 0 aliphatic carbocycles. The number of carbonyl (C=O) groups is 1. The number of hydrogen-bond donors (Lipinski definition) is 0. The molecular formula is C25H26FN3O2. The number of methoxy groups -OCH3 is 1. The highest BCUT2D eigenvalue weighted by Crippen LogP contribution is 2.31. The molecule has 5 nitrogen and oxygen atoms in total. The second-order valence-corrected chi connectivity index (χ2v) is 7.83. The summed E-state index contributed by atoms with van der Waals surface area (Å²) in [5, 5.41) is 0. The minimum Gasteiger partial charge on any atom is -0.495 e. The Morgan fingerprint density at radius 3 is 2.68 bits per heavy atom. The van der Waals surface area contributed by atoms with E-state index in [0.29, 0.717) is 35.5 Å². The van der Waals surface area contributed by atoms with Gasteiger partial charge in [-0.3, -0.25) is 4.79 Å². The number of imidazole rings is 1. The lowest BCUT2D eigenvalue weighted by atomic mass is 9.97. The van der Waals surface area contributed by atoms with E-state index in [1.54, 1.807) is 30.1 Å². The molecule has 3 aromatic rings. The molecule has 1 saturated heterocycles. The van der Waals surface area contributed by atoms with Crippen LogP contribution < -0.4 is 4.74 Å². The van der Waals surface area contributed by atoms with Crippen LogP contribution in [0.3, 0.4) is 0 Å². The molecule has 0 radical (unpaired) electrons. The molecule has 1 fully saturated rings. The Hall–Kier alpha value is -3.41. The highest BCUT2D eigenvalue weighted by atomic mass is 19.1. The predicted molar refractivity (Wildman–Crippen MR) is 119 cm³/mol. The van der Waals surface area contributed by atoms with Gasteiger partial charge in [0.25, 0.3) is 0 Å². The molecule has 160 valence electrons. The van der Waals surface area contributed by atoms with Crippen molar-refractivity contribution < 1.29 is 13.9 Å². The van der Waals surface area contributed by atoms with Crippen LogP contribution in [0.25, 0.3) is 11.8 Å². The van der Waals surface area contributed by atoms with Gasteiger partial charge in [0.2, 0.25) is 5.91 Å². The van der Waals surface area contributed by atoms with Crippen molar-refractivity contribution in [1.29, 1.82) is 0 Å². The molecule has 1 aromatic heterocycles. The second-order valence-electron chi connectivity index (χ2n) is 7.83. The van der Waals surface area contributed by atoms with E-state index in [1.165, 1.54) is 6.07 Å². The van der Waals surface area contributed by atoms with Crippen LogP contribution in [0.4, 0.5) is 4.39 Å². The van der Waals surface area contributed by atoms with E-state index < -0.39 is 5.82 Å². The van der Waals surface area contributed by atoms with Crippen molar-refractivity contribution in [3.05, 3.63) is 83.2 Å². The van der Waals surface area contributed by atoms with E-state index in [1.807, 2.05) is 55.3 Å². The number of piperidine rings is 1. The zero-order chi connectivity index (χ0) is 22.0. The van der Waals surface area contributed by atoms with Crippen molar-refractivity contribution >= 4 is 12.0 Å². The number of likely N-dealkylation sites (tertiary alicyclic amines) is 1. The van der Waals surface area contributed by atoms with Crippen LogP contribution in [0, 0.1) is 12.7 Å². The smallest absolute Gasteiger partial charge is 0.250 e. The van der Waals surface area contributed by atoms with Gasteiger partial charge in [0.1, 0.15) is 11.6 Å². The number of halogens is 1. The molecule has 0 saturated carbocycles. The molecule has 0 bridgehead atoms. The Morgan fingerprint density at radius 1 is 1.23 bits per heavy atom. The van der Waals surface area contributed by atoms with Crippen LogP contribution in [0.15, 0.2) is 60.6 Å². The monoisotopic (exact) mass is 419 g/mol. The summed E-state index contributed by atoms with van der Waals surface area (Å²) in [5.41, 5.74) is 3.44. The van der Waals surface area contributed by atoms with Gasteiger partial charge >= 0.3 is 0 Å². The standard InChI is InChI=1S/C25H26FN3O2/c1-17-15-28(16-27-17)23-14-22(26)21(13-24(23)31-3)12-20-10-7-11-29(25(20)30)18(2)19-8-5-4-6-9-19/h4-6,8-9,12-16,18H,7,10-11H2,1-3H3/b20-12+/t18-/m0/s1. The third kappa shape index (κ3) is 4.24. The fourth-order valence-electron chi connectivity index (χ4n) is 4.02. The molecule has 31 heavy (non-hydrogen) atoms. The van der Waals surface area contributed by atoms with Gasteiger partial charge < -0.3 is 14.2 Å². The van der Waals surface area contributed by atoms with Gasteiger partial charge in [0.15, 0.2) is 0 Å². The van der Waals surface area contributed by atoms with Crippen LogP contribution in [0.5, 0.6) is 5.75 Å². The van der Waals surface area contributed by atoms with Gasteiger partial charge in [-0.25, -0.2) is 9.37 Å². The number of amides is 1. The lowest BCUT2D eigenvalue weighted by molar-refractivity contribution is -0.130. The Kier molecular flexibility index (Phi) is 5.89. The van der Waals surface area contributed by atoms with Gasteiger partial charge in [-0.2, -0.15) is 0 Å². The van der Waals surface area contributed by atoms with Crippen LogP contribution in [0.2, 0.25) is 0 Å². The zero-order valence-corrected chi connectivity index (χ0v) is 18.0. The largest absolute Gasteiger partial charge is 0.495 e. The van der Waals surface area contributed by atoms with Crippen molar-refractivity contribution in [2.75, 3.05) is 13.7 Å². The van der Waals surface area contributed by atoms with E-state index in [2.05, 4.69) is 4.98 Å². The topological polar surface area (TPSA) is 47.4 Å². The van der Waals surface area contributed by atoms with Gasteiger partial charge in [-0.15, -0.1) is 0 Å². The highest BCUT2D eigenvalue weighted by molar-refractivity contribution is 5.98. The SMILES string of the molecule is COc1cc(/C=C2\CCCN([C@@H](C)c3ccccc3)C2=O)c(F)cc1-n1cnc(C)c1. The first kappa shape index (κ1) is 20.8. The van der Waals surface area contributed by atoms with E-state index >= 15 is 4.39 Å². The first-order valence-corrected chi connectivity index (χ1v) is 10.4. The quantitative estimate of drug-likeness (QED) is 0.541. The van der Waals surface area contributed by atoms with E-state index in [9.17, 15) is 4.79 Å². The number of hydrogen-bond acceptors (Lipinski definition) is 3. The van der Waals surface area contributed by atoms with E-state index in [4.69, 9.17) is 4.74 Å². The first-order chi connectivity index (χ1) is 15.0. The predicted octanol–water partition coefficient (Wildman–Crippen LogP) is 5.10. The van der Waals surface area contributed by atoms with E-state index in [-0.39, 0.29) is 11.9 Å². The maximum atomic E-state index is 15.0. The summed E-state index contributed by atoms with van der Waals surface area (Å²) in [6.07, 6.45) is 6.56. The number of aromatic nitrogens is 2. The molecule has 1 aliphatic rings. The average molecular weight is 420 g/mol. The molecule has 1 atom stereocenters. The minimum atomic E-state index is -0.407. The first-order valence-electron chi connectivity index (χ1n) is 10.4. The van der Waals surface area contributed by atoms with Crippen molar-refractivity contribution in [3.63, 3.8) is 0 Å². The molecule has 2 heterocycles. The fourth-order valence-corrected chi connectivity index (χ4v) is 4.02. The summed E-state index contributed by atoms with van der Waals surface area (Å²) in [7, 11) is 1.55. The highest BCUT2D eigenvalue weighted by Gasteiger charge is 2.28. The second kappa shape index (κ2) is 8.76. The van der Waals surface area contributed by atoms with Crippen LogP contribution in [-0.4, -0.2) is 34.0 Å². The number of rotatable bonds is 5. The molecule has 6 heteroatoms. The summed E-state index contributed by atoms with van der Waals surface area (Å²) in [6, 6.07) is 13.0. The Bertz CT molecular complexity index is 1120. The Morgan fingerprint density at radius 2 is 2.00 bits per heavy atom. The van der Waals surface area contributed by atoms with Crippen LogP contribution in [-0.2, 0) is 4.79 Å². The summed E-state index contributed by atoms with van der Waals surface area (Å²) < 4.78 is 22.2. The van der Waals surface area contributed by atoms with Crippen molar-refractivity contribution in [2.45, 2.75) is 32.7 Å². The summed E-state index contributed by atoms with van der Waals surface area (Å²) in [6.45, 7) is 4.59. The third-order valence-corrected chi connectivity index (χ3v) is 5.75. The van der Waals surface area contributed by atoms with Crippen LogP contribution in [0.1, 0.15) is 42.6 Å². The molecule has 2 aromatic carbocycles. The third-order valence-electron chi connectivity index (χ3n) is 5.75. The number of benzene rings is 2. The summed E-state index contributed by atoms with van der Waals surface area (Å²) >= 11 is 0. The van der Waals surface area contributed by atoms with Gasteiger partial charge in [0.05, 0.1) is 30.9 Å². The Labute approximate surface area is 181 Å². The lowest BCUT2D eigenvalue weighted by Crippen LogP contribution is -2.38. The zero-order valence-electron chi connectivity index (χ0n) is 18.0. The van der Waals surface area contributed by atoms with Crippen LogP contribution >= 0.6 is 0 Å². The molecular weight excluding hydrogens is 393 g/mol. The number of carbonyl (C=O) groups excluding carboxylic acids is 1. The lowest BCUT2D eigenvalue weighted by Gasteiger charge is -2.34. The summed E-state index contributed by atoms with van der Waals surface area (Å²) in [5.74, 6) is 0.0642. The van der Waals surface area contributed by atoms with Gasteiger partial charge in [0, 0.05) is 29.9 Å².